The van der Waals surface area contributed by atoms with E-state index in [0.717, 1.165) is 16.6 Å². The SMILES string of the molecule is Cc1cccc(NS(=O)(=O)c2cccc(C(=O)N3CCC(n4c(=O)[nH]c5ccccc54)CC3)c2)c1. The summed E-state index contributed by atoms with van der Waals surface area (Å²) >= 11 is 0. The largest absolute Gasteiger partial charge is 0.338 e. The van der Waals surface area contributed by atoms with Crippen molar-refractivity contribution in [1.29, 1.82) is 0 Å². The van der Waals surface area contributed by atoms with Crippen LogP contribution in [-0.4, -0.2) is 41.9 Å². The number of hydrogen-bond donors (Lipinski definition) is 2. The number of aromatic nitrogens is 2. The van der Waals surface area contributed by atoms with Crippen LogP contribution in [0.4, 0.5) is 5.69 Å². The molecule has 180 valence electrons. The van der Waals surface area contributed by atoms with Gasteiger partial charge in [-0.25, -0.2) is 13.2 Å². The number of piperidine rings is 1. The molecule has 1 aromatic heterocycles. The summed E-state index contributed by atoms with van der Waals surface area (Å²) in [5.74, 6) is -0.220. The van der Waals surface area contributed by atoms with E-state index in [1.165, 1.54) is 12.1 Å². The molecule has 1 saturated heterocycles. The number of imidazole rings is 1. The number of fused-ring (bicyclic) bond motifs is 1. The number of para-hydroxylation sites is 2. The number of hydrogen-bond acceptors (Lipinski definition) is 4. The highest BCUT2D eigenvalue weighted by molar-refractivity contribution is 7.92. The van der Waals surface area contributed by atoms with Crippen molar-refractivity contribution < 1.29 is 13.2 Å². The van der Waals surface area contributed by atoms with Gasteiger partial charge in [-0.2, -0.15) is 0 Å². The molecule has 0 aliphatic carbocycles. The molecule has 2 heterocycles. The number of H-pyrrole nitrogens is 1. The zero-order valence-corrected chi connectivity index (χ0v) is 20.1. The second-order valence-corrected chi connectivity index (χ2v) is 10.5. The number of nitrogens with zero attached hydrogens (tertiary/aromatic N) is 2. The van der Waals surface area contributed by atoms with E-state index < -0.39 is 10.0 Å². The van der Waals surface area contributed by atoms with Gasteiger partial charge < -0.3 is 9.88 Å². The quantitative estimate of drug-likeness (QED) is 0.442. The standard InChI is InChI=1S/C26H26N4O4S/c1-18-6-4-8-20(16-18)28-35(33,34)22-9-5-7-19(17-22)25(31)29-14-12-21(13-15-29)30-24-11-3-2-10-23(24)27-26(30)32/h2-11,16-17,21,28H,12-15H2,1H3,(H,27,32). The molecular formula is C26H26N4O4S. The van der Waals surface area contributed by atoms with Gasteiger partial charge in [0.05, 0.1) is 15.9 Å². The zero-order chi connectivity index (χ0) is 24.6. The number of carbonyl (C=O) groups excluding carboxylic acids is 1. The molecule has 1 fully saturated rings. The average molecular weight is 491 g/mol. The lowest BCUT2D eigenvalue weighted by Crippen LogP contribution is -2.40. The Morgan fingerprint density at radius 1 is 0.971 bits per heavy atom. The molecule has 3 aromatic carbocycles. The predicted molar refractivity (Wildman–Crippen MR) is 135 cm³/mol. The van der Waals surface area contributed by atoms with Gasteiger partial charge in [0.15, 0.2) is 0 Å². The number of sulfonamides is 1. The average Bonchev–Trinajstić information content (AvgIpc) is 3.19. The molecule has 2 N–H and O–H groups in total. The third kappa shape index (κ3) is 4.59. The van der Waals surface area contributed by atoms with Crippen LogP contribution in [0, 0.1) is 6.92 Å². The fourth-order valence-corrected chi connectivity index (χ4v) is 5.76. The van der Waals surface area contributed by atoms with Crippen LogP contribution in [0.25, 0.3) is 11.0 Å². The first-order valence-corrected chi connectivity index (χ1v) is 13.0. The minimum Gasteiger partial charge on any atom is -0.338 e. The molecule has 1 amide bonds. The molecule has 4 aromatic rings. The van der Waals surface area contributed by atoms with Crippen molar-refractivity contribution in [3.8, 4) is 0 Å². The summed E-state index contributed by atoms with van der Waals surface area (Å²) in [6.07, 6.45) is 1.28. The lowest BCUT2D eigenvalue weighted by atomic mass is 10.0. The Balaban J connectivity index is 1.30. The molecule has 9 heteroatoms. The summed E-state index contributed by atoms with van der Waals surface area (Å²) in [6.45, 7) is 2.84. The van der Waals surface area contributed by atoms with E-state index in [4.69, 9.17) is 0 Å². The molecule has 0 atom stereocenters. The van der Waals surface area contributed by atoms with Crippen LogP contribution in [0.5, 0.6) is 0 Å². The van der Waals surface area contributed by atoms with Crippen LogP contribution in [-0.2, 0) is 10.0 Å². The van der Waals surface area contributed by atoms with Crippen molar-refractivity contribution >= 4 is 32.7 Å². The molecule has 0 saturated carbocycles. The van der Waals surface area contributed by atoms with Gasteiger partial charge in [-0.05, 0) is 67.8 Å². The van der Waals surface area contributed by atoms with E-state index in [2.05, 4.69) is 9.71 Å². The van der Waals surface area contributed by atoms with Crippen LogP contribution in [0.3, 0.4) is 0 Å². The number of likely N-dealkylation sites (tertiary alicyclic amines) is 1. The number of nitrogens with one attached hydrogen (secondary N) is 2. The maximum atomic E-state index is 13.2. The van der Waals surface area contributed by atoms with Gasteiger partial charge in [0.2, 0.25) is 0 Å². The van der Waals surface area contributed by atoms with Crippen molar-refractivity contribution in [3.05, 3.63) is 94.4 Å². The molecular weight excluding hydrogens is 464 g/mol. The highest BCUT2D eigenvalue weighted by atomic mass is 32.2. The minimum absolute atomic E-state index is 0.00654. The van der Waals surface area contributed by atoms with Crippen molar-refractivity contribution in [2.24, 2.45) is 0 Å². The number of carbonyl (C=O) groups is 1. The third-order valence-electron chi connectivity index (χ3n) is 6.40. The van der Waals surface area contributed by atoms with E-state index in [1.807, 2.05) is 37.3 Å². The van der Waals surface area contributed by atoms with Gasteiger partial charge in [0.1, 0.15) is 0 Å². The van der Waals surface area contributed by atoms with Crippen molar-refractivity contribution in [2.75, 3.05) is 17.8 Å². The second-order valence-electron chi connectivity index (χ2n) is 8.84. The number of amides is 1. The van der Waals surface area contributed by atoms with Gasteiger partial charge in [0.25, 0.3) is 15.9 Å². The van der Waals surface area contributed by atoms with E-state index >= 15 is 0 Å². The maximum Gasteiger partial charge on any atom is 0.326 e. The van der Waals surface area contributed by atoms with Gasteiger partial charge >= 0.3 is 5.69 Å². The summed E-state index contributed by atoms with van der Waals surface area (Å²) < 4.78 is 30.2. The van der Waals surface area contributed by atoms with E-state index in [0.29, 0.717) is 37.2 Å². The summed E-state index contributed by atoms with van der Waals surface area (Å²) in [5, 5.41) is 0. The Kier molecular flexibility index (Phi) is 5.94. The van der Waals surface area contributed by atoms with Crippen molar-refractivity contribution in [3.63, 3.8) is 0 Å². The van der Waals surface area contributed by atoms with Gasteiger partial charge in [-0.1, -0.05) is 30.3 Å². The van der Waals surface area contributed by atoms with Crippen LogP contribution < -0.4 is 10.4 Å². The van der Waals surface area contributed by atoms with Gasteiger partial charge in [-0.3, -0.25) is 14.1 Å². The van der Waals surface area contributed by atoms with Crippen LogP contribution in [0.1, 0.15) is 34.8 Å². The summed E-state index contributed by atoms with van der Waals surface area (Å²) in [5.41, 5.74) is 3.24. The first kappa shape index (κ1) is 22.9. The van der Waals surface area contributed by atoms with Crippen LogP contribution in [0.2, 0.25) is 0 Å². The first-order chi connectivity index (χ1) is 16.8. The van der Waals surface area contributed by atoms with Crippen LogP contribution in [0.15, 0.2) is 82.5 Å². The molecule has 5 rings (SSSR count). The molecule has 35 heavy (non-hydrogen) atoms. The highest BCUT2D eigenvalue weighted by Gasteiger charge is 2.27. The summed E-state index contributed by atoms with van der Waals surface area (Å²) in [7, 11) is -3.84. The third-order valence-corrected chi connectivity index (χ3v) is 7.78. The highest BCUT2D eigenvalue weighted by Crippen LogP contribution is 2.26. The van der Waals surface area contributed by atoms with E-state index in [1.54, 1.807) is 39.8 Å². The number of aromatic amines is 1. The Morgan fingerprint density at radius 3 is 2.49 bits per heavy atom. The first-order valence-electron chi connectivity index (χ1n) is 11.5. The van der Waals surface area contributed by atoms with Gasteiger partial charge in [-0.15, -0.1) is 0 Å². The second kappa shape index (κ2) is 9.07. The predicted octanol–water partition coefficient (Wildman–Crippen LogP) is 3.92. The molecule has 0 bridgehead atoms. The van der Waals surface area contributed by atoms with Crippen LogP contribution >= 0.6 is 0 Å². The molecule has 0 unspecified atom stereocenters. The molecule has 1 aliphatic rings. The molecule has 0 radical (unpaired) electrons. The summed E-state index contributed by atoms with van der Waals surface area (Å²) in [4.78, 5) is 30.3. The van der Waals surface area contributed by atoms with E-state index in [9.17, 15) is 18.0 Å². The topological polar surface area (TPSA) is 104 Å². The lowest BCUT2D eigenvalue weighted by Gasteiger charge is -2.32. The van der Waals surface area contributed by atoms with E-state index in [-0.39, 0.29) is 22.5 Å². The Morgan fingerprint density at radius 2 is 1.71 bits per heavy atom. The number of aryl methyl sites for hydroxylation is 1. The van der Waals surface area contributed by atoms with Crippen molar-refractivity contribution in [1.82, 2.24) is 14.5 Å². The molecule has 8 nitrogen and oxygen atoms in total. The minimum atomic E-state index is -3.84. The zero-order valence-electron chi connectivity index (χ0n) is 19.3. The molecule has 0 spiro atoms. The maximum absolute atomic E-state index is 13.2. The number of anilines is 1. The fraction of sp³-hybridized carbons (Fsp3) is 0.231. The Bertz CT molecular complexity index is 1560. The Labute approximate surface area is 203 Å². The number of rotatable bonds is 5. The molecule has 1 aliphatic heterocycles. The van der Waals surface area contributed by atoms with Gasteiger partial charge in [0, 0.05) is 30.4 Å². The summed E-state index contributed by atoms with van der Waals surface area (Å²) in [6, 6.07) is 20.8. The fourth-order valence-electron chi connectivity index (χ4n) is 4.67. The van der Waals surface area contributed by atoms with Crippen molar-refractivity contribution in [2.45, 2.75) is 30.7 Å². The number of benzene rings is 3. The smallest absolute Gasteiger partial charge is 0.326 e. The normalized spacial score (nSPS) is 14.8. The lowest BCUT2D eigenvalue weighted by molar-refractivity contribution is 0.0694. The Hall–Kier alpha value is -3.85. The monoisotopic (exact) mass is 490 g/mol.